The van der Waals surface area contributed by atoms with Gasteiger partial charge < -0.3 is 19.2 Å². The van der Waals surface area contributed by atoms with E-state index in [4.69, 9.17) is 14.2 Å². The number of methoxy groups -OCH3 is 2. The van der Waals surface area contributed by atoms with Gasteiger partial charge in [0.25, 0.3) is 5.56 Å². The van der Waals surface area contributed by atoms with Crippen LogP contribution in [0.4, 0.5) is 0 Å². The van der Waals surface area contributed by atoms with Gasteiger partial charge in [0.1, 0.15) is 0 Å². The summed E-state index contributed by atoms with van der Waals surface area (Å²) in [7, 11) is 3.26. The Bertz CT molecular complexity index is 1440. The molecule has 10 heteroatoms. The van der Waals surface area contributed by atoms with Gasteiger partial charge in [0.15, 0.2) is 17.3 Å². The van der Waals surface area contributed by atoms with Gasteiger partial charge in [0, 0.05) is 30.8 Å². The number of aromatic nitrogens is 5. The molecule has 10 nitrogen and oxygen atoms in total. The first-order valence-electron chi connectivity index (χ1n) is 12.9. The van der Waals surface area contributed by atoms with Gasteiger partial charge in [-0.15, -0.1) is 5.10 Å². The Morgan fingerprint density at radius 2 is 1.97 bits per heavy atom. The van der Waals surface area contributed by atoms with Crippen molar-refractivity contribution >= 4 is 10.9 Å². The van der Waals surface area contributed by atoms with Crippen molar-refractivity contribution in [2.24, 2.45) is 0 Å². The third kappa shape index (κ3) is 6.03. The van der Waals surface area contributed by atoms with Crippen LogP contribution in [0.25, 0.3) is 10.9 Å². The highest BCUT2D eigenvalue weighted by atomic mass is 16.5. The summed E-state index contributed by atoms with van der Waals surface area (Å²) in [5, 5.41) is 13.5. The van der Waals surface area contributed by atoms with Crippen molar-refractivity contribution in [3.8, 4) is 11.5 Å². The van der Waals surface area contributed by atoms with Crippen LogP contribution in [-0.2, 0) is 30.8 Å². The topological polar surface area (TPSA) is 107 Å². The average molecular weight is 519 g/mol. The van der Waals surface area contributed by atoms with E-state index in [0.717, 1.165) is 53.7 Å². The number of aromatic amines is 1. The minimum atomic E-state index is -0.0850. The highest BCUT2D eigenvalue weighted by molar-refractivity contribution is 5.79. The maximum absolute atomic E-state index is 13.0. The molecule has 0 spiro atoms. The van der Waals surface area contributed by atoms with Crippen molar-refractivity contribution in [2.75, 3.05) is 27.4 Å². The first kappa shape index (κ1) is 25.9. The molecule has 5 rings (SSSR count). The second kappa shape index (κ2) is 11.7. The van der Waals surface area contributed by atoms with Crippen LogP contribution in [0.2, 0.25) is 0 Å². The highest BCUT2D eigenvalue weighted by Gasteiger charge is 2.21. The van der Waals surface area contributed by atoms with Crippen molar-refractivity contribution in [1.82, 2.24) is 30.1 Å². The molecule has 1 saturated heterocycles. The number of ether oxygens (including phenoxy) is 3. The van der Waals surface area contributed by atoms with Crippen molar-refractivity contribution < 1.29 is 14.2 Å². The number of nitrogens with zero attached hydrogens (tertiary/aromatic N) is 5. The molecule has 200 valence electrons. The van der Waals surface area contributed by atoms with Gasteiger partial charge in [0.05, 0.1) is 33.4 Å². The molecule has 3 heterocycles. The Morgan fingerprint density at radius 3 is 2.76 bits per heavy atom. The second-order valence-corrected chi connectivity index (χ2v) is 9.78. The molecule has 2 aromatic carbocycles. The van der Waals surface area contributed by atoms with Gasteiger partial charge >= 0.3 is 0 Å². The highest BCUT2D eigenvalue weighted by Crippen LogP contribution is 2.28. The predicted octanol–water partition coefficient (Wildman–Crippen LogP) is 3.26. The summed E-state index contributed by atoms with van der Waals surface area (Å²) in [4.78, 5) is 18.3. The lowest BCUT2D eigenvalue weighted by molar-refractivity contribution is 0.0916. The molecule has 0 bridgehead atoms. The molecule has 0 radical (unpaired) electrons. The molecular formula is C28H34N6O4. The zero-order valence-electron chi connectivity index (χ0n) is 22.1. The molecule has 1 aliphatic rings. The quantitative estimate of drug-likeness (QED) is 0.322. The lowest BCUT2D eigenvalue weighted by Crippen LogP contribution is -2.30. The summed E-state index contributed by atoms with van der Waals surface area (Å²) in [6.07, 6.45) is 2.94. The summed E-state index contributed by atoms with van der Waals surface area (Å²) < 4.78 is 18.5. The lowest BCUT2D eigenvalue weighted by atomic mass is 10.1. The summed E-state index contributed by atoms with van der Waals surface area (Å²) in [5.41, 5.74) is 3.67. The molecule has 0 amide bonds. The number of hydrogen-bond acceptors (Lipinski definition) is 8. The molecule has 1 aliphatic heterocycles. The number of H-pyrrole nitrogens is 1. The molecule has 0 saturated carbocycles. The molecule has 1 unspecified atom stereocenters. The van der Waals surface area contributed by atoms with Gasteiger partial charge in [-0.2, -0.15) is 0 Å². The number of pyridine rings is 1. The van der Waals surface area contributed by atoms with E-state index in [2.05, 4.69) is 31.5 Å². The molecule has 0 aliphatic carbocycles. The van der Waals surface area contributed by atoms with E-state index in [1.165, 1.54) is 0 Å². The van der Waals surface area contributed by atoms with E-state index >= 15 is 0 Å². The van der Waals surface area contributed by atoms with Gasteiger partial charge in [-0.3, -0.25) is 9.69 Å². The van der Waals surface area contributed by atoms with Gasteiger partial charge in [0.2, 0.25) is 0 Å². The zero-order chi connectivity index (χ0) is 26.5. The van der Waals surface area contributed by atoms with E-state index in [1.807, 2.05) is 48.0 Å². The molecule has 4 aromatic rings. The van der Waals surface area contributed by atoms with Crippen LogP contribution in [0, 0.1) is 6.92 Å². The summed E-state index contributed by atoms with van der Waals surface area (Å²) in [5.74, 6) is 2.14. The Hall–Kier alpha value is -3.76. The minimum absolute atomic E-state index is 0.0850. The van der Waals surface area contributed by atoms with Crippen LogP contribution in [0.15, 0.2) is 47.3 Å². The Kier molecular flexibility index (Phi) is 8.00. The molecule has 2 aromatic heterocycles. The Morgan fingerprint density at radius 1 is 1.11 bits per heavy atom. The number of nitrogens with one attached hydrogen (secondary N) is 1. The van der Waals surface area contributed by atoms with Crippen molar-refractivity contribution in [1.29, 1.82) is 0 Å². The number of tetrazole rings is 1. The monoisotopic (exact) mass is 518 g/mol. The number of benzene rings is 2. The van der Waals surface area contributed by atoms with Crippen LogP contribution >= 0.6 is 0 Å². The van der Waals surface area contributed by atoms with Crippen LogP contribution in [0.3, 0.4) is 0 Å². The Labute approximate surface area is 221 Å². The van der Waals surface area contributed by atoms with Crippen molar-refractivity contribution in [2.45, 2.75) is 51.9 Å². The second-order valence-electron chi connectivity index (χ2n) is 9.78. The third-order valence-electron chi connectivity index (χ3n) is 7.01. The first-order valence-corrected chi connectivity index (χ1v) is 12.9. The van der Waals surface area contributed by atoms with E-state index in [0.29, 0.717) is 43.2 Å². The van der Waals surface area contributed by atoms with Crippen molar-refractivity contribution in [3.05, 3.63) is 75.3 Å². The first-order chi connectivity index (χ1) is 18.5. The van der Waals surface area contributed by atoms with E-state index in [9.17, 15) is 4.79 Å². The van der Waals surface area contributed by atoms with E-state index < -0.39 is 0 Å². The summed E-state index contributed by atoms with van der Waals surface area (Å²) in [6, 6.07) is 14.0. The fourth-order valence-corrected chi connectivity index (χ4v) is 4.92. The van der Waals surface area contributed by atoms with Crippen LogP contribution < -0.4 is 15.0 Å². The van der Waals surface area contributed by atoms with Gasteiger partial charge in [-0.1, -0.05) is 18.2 Å². The average Bonchev–Trinajstić information content (AvgIpc) is 3.60. The number of fused-ring (bicyclic) bond motifs is 1. The fraction of sp³-hybridized carbons (Fsp3) is 0.429. The van der Waals surface area contributed by atoms with E-state index in [1.54, 1.807) is 14.2 Å². The van der Waals surface area contributed by atoms with Gasteiger partial charge in [-0.25, -0.2) is 4.68 Å². The third-order valence-corrected chi connectivity index (χ3v) is 7.01. The van der Waals surface area contributed by atoms with Crippen LogP contribution in [-0.4, -0.2) is 63.6 Å². The molecular weight excluding hydrogens is 484 g/mol. The summed E-state index contributed by atoms with van der Waals surface area (Å²) in [6.45, 7) is 5.07. The normalized spacial score (nSPS) is 15.4. The molecule has 1 N–H and O–H groups in total. The Balaban J connectivity index is 1.39. The van der Waals surface area contributed by atoms with Gasteiger partial charge in [-0.05, 0) is 77.4 Å². The molecule has 1 fully saturated rings. The lowest BCUT2D eigenvalue weighted by Gasteiger charge is -2.22. The predicted molar refractivity (Wildman–Crippen MR) is 143 cm³/mol. The fourth-order valence-electron chi connectivity index (χ4n) is 4.92. The summed E-state index contributed by atoms with van der Waals surface area (Å²) >= 11 is 0. The van der Waals surface area contributed by atoms with E-state index in [-0.39, 0.29) is 11.7 Å². The SMILES string of the molecule is COc1ccc(CCN(Cc2cc3ccc(C)cc3[nH]c2=O)Cc2nnnn2CC2CCCO2)cc1OC. The number of rotatable bonds is 11. The largest absolute Gasteiger partial charge is 0.493 e. The molecule has 38 heavy (non-hydrogen) atoms. The maximum atomic E-state index is 13.0. The standard InChI is InChI=1S/C28H34N6O4/c1-19-6-8-21-15-22(28(35)29-24(21)13-19)16-33(11-10-20-7-9-25(36-2)26(14-20)37-3)18-27-30-31-32-34(27)17-23-5-4-12-38-23/h6-9,13-15,23H,4-5,10-12,16-18H2,1-3H3,(H,29,35). The van der Waals surface area contributed by atoms with Crippen LogP contribution in [0.1, 0.15) is 35.4 Å². The maximum Gasteiger partial charge on any atom is 0.252 e. The number of hydrogen-bond donors (Lipinski definition) is 1. The number of aryl methyl sites for hydroxylation is 1. The minimum Gasteiger partial charge on any atom is -0.493 e. The molecule has 1 atom stereocenters. The zero-order valence-corrected chi connectivity index (χ0v) is 22.1. The van der Waals surface area contributed by atoms with Crippen molar-refractivity contribution in [3.63, 3.8) is 0 Å². The smallest absolute Gasteiger partial charge is 0.252 e. The van der Waals surface area contributed by atoms with Crippen LogP contribution in [0.5, 0.6) is 11.5 Å².